The van der Waals surface area contributed by atoms with Crippen LogP contribution in [0.15, 0.2) is 52.5 Å². The summed E-state index contributed by atoms with van der Waals surface area (Å²) in [7, 11) is 0. The third-order valence-electron chi connectivity index (χ3n) is 4.76. The Kier molecular flexibility index (Phi) is 5.25. The van der Waals surface area contributed by atoms with Gasteiger partial charge in [0.15, 0.2) is 0 Å². The molecule has 3 heterocycles. The Morgan fingerprint density at radius 2 is 2.14 bits per heavy atom. The van der Waals surface area contributed by atoms with Crippen LogP contribution in [0.5, 0.6) is 0 Å². The van der Waals surface area contributed by atoms with Crippen LogP contribution in [-0.4, -0.2) is 23.4 Å². The van der Waals surface area contributed by atoms with Crippen molar-refractivity contribution >= 4 is 28.9 Å². The summed E-state index contributed by atoms with van der Waals surface area (Å²) in [5.41, 5.74) is 2.57. The second-order valence-corrected chi connectivity index (χ2v) is 7.60. The average Bonchev–Trinajstić information content (AvgIpc) is 3.46. The van der Waals surface area contributed by atoms with Gasteiger partial charge in [0, 0.05) is 18.7 Å². The molecule has 4 rings (SSSR count). The van der Waals surface area contributed by atoms with Crippen LogP contribution in [0.25, 0.3) is 10.8 Å². The van der Waals surface area contributed by atoms with Gasteiger partial charge in [-0.1, -0.05) is 25.1 Å². The Balaban J connectivity index is 1.34. The summed E-state index contributed by atoms with van der Waals surface area (Å²) < 4.78 is 10.8. The van der Waals surface area contributed by atoms with E-state index >= 15 is 0 Å². The highest BCUT2D eigenvalue weighted by Gasteiger charge is 2.36. The molecule has 0 spiro atoms. The van der Waals surface area contributed by atoms with Crippen molar-refractivity contribution in [3.63, 3.8) is 0 Å². The Morgan fingerprint density at radius 3 is 2.86 bits per heavy atom. The van der Waals surface area contributed by atoms with Crippen molar-refractivity contribution < 1.29 is 18.7 Å². The van der Waals surface area contributed by atoms with Crippen molar-refractivity contribution in [1.29, 1.82) is 0 Å². The molecule has 1 aliphatic heterocycles. The van der Waals surface area contributed by atoms with Gasteiger partial charge in [-0.2, -0.15) is 0 Å². The highest BCUT2D eigenvalue weighted by Crippen LogP contribution is 2.27. The van der Waals surface area contributed by atoms with E-state index in [1.807, 2.05) is 41.8 Å². The number of carbonyl (C=O) groups is 2. The molecule has 1 amide bonds. The molecule has 1 atom stereocenters. The molecular formula is C21H20N2O4S. The Labute approximate surface area is 166 Å². The first-order chi connectivity index (χ1) is 13.6. The second kappa shape index (κ2) is 7.98. The molecule has 2 aromatic heterocycles. The number of nitrogens with zero attached hydrogens (tertiary/aromatic N) is 2. The number of esters is 1. The molecule has 1 saturated heterocycles. The van der Waals surface area contributed by atoms with E-state index in [9.17, 15) is 9.59 Å². The number of rotatable bonds is 6. The Morgan fingerprint density at radius 1 is 1.32 bits per heavy atom. The van der Waals surface area contributed by atoms with Crippen LogP contribution < -0.4 is 4.90 Å². The molecule has 0 radical (unpaired) electrons. The molecule has 144 valence electrons. The Bertz CT molecular complexity index is 963. The number of thiophene rings is 1. The van der Waals surface area contributed by atoms with Crippen LogP contribution in [0.1, 0.15) is 24.6 Å². The van der Waals surface area contributed by atoms with Crippen LogP contribution in [0, 0.1) is 5.92 Å². The quantitative estimate of drug-likeness (QED) is 0.588. The van der Waals surface area contributed by atoms with E-state index in [-0.39, 0.29) is 24.9 Å². The lowest BCUT2D eigenvalue weighted by Crippen LogP contribution is -2.26. The number of oxazole rings is 1. The maximum absolute atomic E-state index is 12.4. The third-order valence-corrected chi connectivity index (χ3v) is 5.62. The normalized spacial score (nSPS) is 16.5. The number of amides is 1. The van der Waals surface area contributed by atoms with Crippen molar-refractivity contribution in [2.45, 2.75) is 26.4 Å². The molecule has 3 aromatic rings. The first-order valence-electron chi connectivity index (χ1n) is 9.18. The number of benzene rings is 1. The minimum atomic E-state index is -0.470. The van der Waals surface area contributed by atoms with Gasteiger partial charge in [-0.15, -0.1) is 11.3 Å². The number of aryl methyl sites for hydroxylation is 1. The number of ether oxygens (including phenoxy) is 1. The maximum Gasteiger partial charge on any atom is 0.311 e. The summed E-state index contributed by atoms with van der Waals surface area (Å²) in [6.07, 6.45) is 2.59. The van der Waals surface area contributed by atoms with Crippen molar-refractivity contribution in [1.82, 2.24) is 4.98 Å². The summed E-state index contributed by atoms with van der Waals surface area (Å²) in [6, 6.07) is 11.7. The summed E-state index contributed by atoms with van der Waals surface area (Å²) in [6.45, 7) is 2.45. The summed E-state index contributed by atoms with van der Waals surface area (Å²) in [4.78, 5) is 31.7. The predicted molar refractivity (Wildman–Crippen MR) is 106 cm³/mol. The zero-order valence-corrected chi connectivity index (χ0v) is 16.3. The van der Waals surface area contributed by atoms with Gasteiger partial charge in [0.05, 0.1) is 10.8 Å². The first-order valence-corrected chi connectivity index (χ1v) is 10.1. The fourth-order valence-corrected chi connectivity index (χ4v) is 3.83. The first kappa shape index (κ1) is 18.4. The zero-order valence-electron chi connectivity index (χ0n) is 15.5. The van der Waals surface area contributed by atoms with Crippen LogP contribution in [-0.2, 0) is 27.4 Å². The number of hydrogen-bond acceptors (Lipinski definition) is 6. The number of carbonyl (C=O) groups excluding carboxylic acids is 2. The molecule has 0 saturated carbocycles. The lowest BCUT2D eigenvalue weighted by atomic mass is 10.1. The molecule has 28 heavy (non-hydrogen) atoms. The van der Waals surface area contributed by atoms with Crippen molar-refractivity contribution in [2.75, 3.05) is 11.4 Å². The van der Waals surface area contributed by atoms with E-state index in [0.717, 1.165) is 17.0 Å². The van der Waals surface area contributed by atoms with Crippen molar-refractivity contribution in [2.24, 2.45) is 5.92 Å². The molecule has 0 bridgehead atoms. The summed E-state index contributed by atoms with van der Waals surface area (Å²) >= 11 is 1.53. The molecule has 0 unspecified atom stereocenters. The van der Waals surface area contributed by atoms with Gasteiger partial charge in [0.25, 0.3) is 0 Å². The van der Waals surface area contributed by atoms with E-state index in [2.05, 4.69) is 11.9 Å². The minimum absolute atomic E-state index is 0.0313. The molecule has 6 nitrogen and oxygen atoms in total. The molecule has 7 heteroatoms. The maximum atomic E-state index is 12.4. The van der Waals surface area contributed by atoms with Crippen LogP contribution in [0.3, 0.4) is 0 Å². The van der Waals surface area contributed by atoms with Crippen LogP contribution >= 0.6 is 11.3 Å². The minimum Gasteiger partial charge on any atom is -0.459 e. The van der Waals surface area contributed by atoms with Crippen molar-refractivity contribution in [3.8, 4) is 10.8 Å². The lowest BCUT2D eigenvalue weighted by molar-refractivity contribution is -0.149. The fraction of sp³-hybridized carbons (Fsp3) is 0.286. The third kappa shape index (κ3) is 3.84. The van der Waals surface area contributed by atoms with Gasteiger partial charge in [0.1, 0.15) is 18.6 Å². The van der Waals surface area contributed by atoms with Gasteiger partial charge in [-0.3, -0.25) is 9.59 Å². The highest BCUT2D eigenvalue weighted by atomic mass is 32.1. The van der Waals surface area contributed by atoms with E-state index in [1.54, 1.807) is 4.90 Å². The van der Waals surface area contributed by atoms with Gasteiger partial charge in [-0.25, -0.2) is 4.98 Å². The molecule has 1 fully saturated rings. The van der Waals surface area contributed by atoms with Crippen molar-refractivity contribution in [3.05, 3.63) is 59.3 Å². The number of anilines is 1. The van der Waals surface area contributed by atoms with E-state index in [0.29, 0.717) is 18.1 Å². The van der Waals surface area contributed by atoms with Gasteiger partial charge in [0.2, 0.25) is 11.8 Å². The van der Waals surface area contributed by atoms with E-state index < -0.39 is 5.92 Å². The second-order valence-electron chi connectivity index (χ2n) is 6.65. The molecule has 0 aliphatic carbocycles. The smallest absolute Gasteiger partial charge is 0.311 e. The number of aromatic nitrogens is 1. The van der Waals surface area contributed by atoms with Crippen LogP contribution in [0.2, 0.25) is 0 Å². The number of hydrogen-bond donors (Lipinski definition) is 0. The topological polar surface area (TPSA) is 72.6 Å². The lowest BCUT2D eigenvalue weighted by Gasteiger charge is -2.16. The highest BCUT2D eigenvalue weighted by molar-refractivity contribution is 7.13. The predicted octanol–water partition coefficient (Wildman–Crippen LogP) is 4.06. The molecule has 1 aromatic carbocycles. The monoisotopic (exact) mass is 396 g/mol. The van der Waals surface area contributed by atoms with Gasteiger partial charge in [-0.05, 0) is 35.6 Å². The standard InChI is InChI=1S/C21H20N2O4S/c1-2-14-5-7-17(8-6-14)23-11-15(10-19(23)24)21(25)27-13-16-12-26-20(22-16)18-4-3-9-28-18/h3-9,12,15H,2,10-11,13H2,1H3/t15-/m0/s1. The molecular weight excluding hydrogens is 376 g/mol. The van der Waals surface area contributed by atoms with Gasteiger partial charge < -0.3 is 14.1 Å². The molecule has 0 N–H and O–H groups in total. The average molecular weight is 396 g/mol. The molecule has 1 aliphatic rings. The Hall–Kier alpha value is -2.93. The summed E-state index contributed by atoms with van der Waals surface area (Å²) in [5.74, 6) is -0.407. The largest absolute Gasteiger partial charge is 0.459 e. The fourth-order valence-electron chi connectivity index (χ4n) is 3.18. The van der Waals surface area contributed by atoms with E-state index in [1.165, 1.54) is 23.2 Å². The summed E-state index contributed by atoms with van der Waals surface area (Å²) in [5, 5.41) is 1.94. The SMILES string of the molecule is CCc1ccc(N2C[C@@H](C(=O)OCc3coc(-c4cccs4)n3)CC2=O)cc1. The van der Waals surface area contributed by atoms with E-state index in [4.69, 9.17) is 9.15 Å². The zero-order chi connectivity index (χ0) is 19.5. The van der Waals surface area contributed by atoms with Crippen LogP contribution in [0.4, 0.5) is 5.69 Å². The van der Waals surface area contributed by atoms with Gasteiger partial charge >= 0.3 is 5.97 Å².